The molecule has 2 rings (SSSR count). The Morgan fingerprint density at radius 2 is 2.06 bits per heavy atom. The maximum atomic E-state index is 13.0. The number of halogens is 4. The molecule has 0 fully saturated rings. The van der Waals surface area contributed by atoms with E-state index in [1.165, 1.54) is 12.3 Å². The van der Waals surface area contributed by atoms with Crippen LogP contribution in [0.5, 0.6) is 5.88 Å². The molecule has 2 aromatic rings. The molecule has 0 spiro atoms. The summed E-state index contributed by atoms with van der Waals surface area (Å²) in [5, 5.41) is 7.71. The lowest BCUT2D eigenvalue weighted by Gasteiger charge is -2.22. The highest BCUT2D eigenvalue weighted by Crippen LogP contribution is 2.34. The predicted octanol–water partition coefficient (Wildman–Crippen LogP) is 4.05. The molecule has 0 radical (unpaired) electrons. The summed E-state index contributed by atoms with van der Waals surface area (Å²) in [5.74, 6) is 0.496. The SMILES string of the molecule is CCNC(=NCCOc1ncccc1C(F)(F)F)N(C)Cc1cn(C)nc1C(C)C.I. The van der Waals surface area contributed by atoms with Crippen LogP contribution in [-0.4, -0.2) is 52.4 Å². The van der Waals surface area contributed by atoms with Crippen molar-refractivity contribution in [3.63, 3.8) is 0 Å². The zero-order valence-corrected chi connectivity index (χ0v) is 20.7. The highest BCUT2D eigenvalue weighted by atomic mass is 127. The second kappa shape index (κ2) is 12.1. The van der Waals surface area contributed by atoms with Gasteiger partial charge in [-0.25, -0.2) is 9.98 Å². The van der Waals surface area contributed by atoms with Crippen LogP contribution in [0.1, 0.15) is 43.5 Å². The molecular formula is C20H30F3IN6O. The van der Waals surface area contributed by atoms with Crippen molar-refractivity contribution < 1.29 is 17.9 Å². The normalized spacial score (nSPS) is 12.0. The number of nitrogens with zero attached hydrogens (tertiary/aromatic N) is 5. The number of nitrogens with one attached hydrogen (secondary N) is 1. The Bertz CT molecular complexity index is 854. The molecule has 0 saturated heterocycles. The van der Waals surface area contributed by atoms with E-state index in [-0.39, 0.29) is 37.1 Å². The van der Waals surface area contributed by atoms with E-state index in [0.717, 1.165) is 17.3 Å². The monoisotopic (exact) mass is 554 g/mol. The lowest BCUT2D eigenvalue weighted by atomic mass is 10.1. The van der Waals surface area contributed by atoms with Gasteiger partial charge in [0.15, 0.2) is 5.96 Å². The van der Waals surface area contributed by atoms with Crippen molar-refractivity contribution in [1.29, 1.82) is 0 Å². The molecular weight excluding hydrogens is 524 g/mol. The molecule has 0 aromatic carbocycles. The van der Waals surface area contributed by atoms with Crippen LogP contribution >= 0.6 is 24.0 Å². The van der Waals surface area contributed by atoms with E-state index < -0.39 is 17.6 Å². The fraction of sp³-hybridized carbons (Fsp3) is 0.550. The van der Waals surface area contributed by atoms with Gasteiger partial charge < -0.3 is 15.0 Å². The maximum absolute atomic E-state index is 13.0. The Hall–Kier alpha value is -2.05. The van der Waals surface area contributed by atoms with Crippen molar-refractivity contribution in [1.82, 2.24) is 25.0 Å². The molecule has 2 aromatic heterocycles. The summed E-state index contributed by atoms with van der Waals surface area (Å²) in [6.07, 6.45) is -1.26. The van der Waals surface area contributed by atoms with Gasteiger partial charge in [0, 0.05) is 45.1 Å². The molecule has 0 aliphatic rings. The molecule has 1 N–H and O–H groups in total. The van der Waals surface area contributed by atoms with Crippen LogP contribution in [0.15, 0.2) is 29.5 Å². The molecule has 0 amide bonds. The summed E-state index contributed by atoms with van der Waals surface area (Å²) in [7, 11) is 3.79. The van der Waals surface area contributed by atoms with E-state index in [9.17, 15) is 13.2 Å². The number of aliphatic imine (C=N–C) groups is 1. The predicted molar refractivity (Wildman–Crippen MR) is 125 cm³/mol. The number of rotatable bonds is 8. The molecule has 11 heteroatoms. The second-order valence-corrected chi connectivity index (χ2v) is 7.16. The summed E-state index contributed by atoms with van der Waals surface area (Å²) >= 11 is 0. The highest BCUT2D eigenvalue weighted by Gasteiger charge is 2.35. The maximum Gasteiger partial charge on any atom is 0.421 e. The topological polar surface area (TPSA) is 67.6 Å². The third-order valence-electron chi connectivity index (χ3n) is 4.26. The fourth-order valence-electron chi connectivity index (χ4n) is 2.98. The van der Waals surface area contributed by atoms with Crippen molar-refractivity contribution in [2.45, 2.75) is 39.4 Å². The zero-order valence-electron chi connectivity index (χ0n) is 18.4. The zero-order chi connectivity index (χ0) is 22.3. The second-order valence-electron chi connectivity index (χ2n) is 7.16. The highest BCUT2D eigenvalue weighted by molar-refractivity contribution is 14.0. The Morgan fingerprint density at radius 1 is 1.35 bits per heavy atom. The number of alkyl halides is 3. The van der Waals surface area contributed by atoms with Crippen molar-refractivity contribution in [3.8, 4) is 5.88 Å². The minimum absolute atomic E-state index is 0. The van der Waals surface area contributed by atoms with Crippen molar-refractivity contribution in [2.24, 2.45) is 12.0 Å². The average molecular weight is 554 g/mol. The third kappa shape index (κ3) is 7.86. The van der Waals surface area contributed by atoms with E-state index in [0.29, 0.717) is 25.0 Å². The summed E-state index contributed by atoms with van der Waals surface area (Å²) < 4.78 is 46.1. The number of guanidine groups is 1. The first-order valence-electron chi connectivity index (χ1n) is 9.80. The molecule has 7 nitrogen and oxygen atoms in total. The number of ether oxygens (including phenoxy) is 1. The minimum Gasteiger partial charge on any atom is -0.475 e. The number of aromatic nitrogens is 3. The minimum atomic E-state index is -4.51. The number of aryl methyl sites for hydroxylation is 1. The Morgan fingerprint density at radius 3 is 2.68 bits per heavy atom. The quantitative estimate of drug-likeness (QED) is 0.231. The van der Waals surface area contributed by atoms with Crippen LogP contribution in [0.25, 0.3) is 0 Å². The van der Waals surface area contributed by atoms with Crippen LogP contribution in [0.2, 0.25) is 0 Å². The van der Waals surface area contributed by atoms with E-state index >= 15 is 0 Å². The van der Waals surface area contributed by atoms with E-state index in [4.69, 9.17) is 4.74 Å². The Balaban J connectivity index is 0.00000480. The Kier molecular flexibility index (Phi) is 10.5. The Labute approximate surface area is 198 Å². The van der Waals surface area contributed by atoms with Gasteiger partial charge in [0.1, 0.15) is 12.2 Å². The van der Waals surface area contributed by atoms with E-state index in [2.05, 4.69) is 34.2 Å². The van der Waals surface area contributed by atoms with Crippen LogP contribution in [0.3, 0.4) is 0 Å². The summed E-state index contributed by atoms with van der Waals surface area (Å²) in [5.41, 5.74) is 1.23. The molecule has 0 unspecified atom stereocenters. The molecule has 0 saturated carbocycles. The van der Waals surface area contributed by atoms with Crippen molar-refractivity contribution in [2.75, 3.05) is 26.7 Å². The first-order valence-corrected chi connectivity index (χ1v) is 9.80. The van der Waals surface area contributed by atoms with Gasteiger partial charge in [0.2, 0.25) is 5.88 Å². The van der Waals surface area contributed by atoms with Gasteiger partial charge in [-0.05, 0) is 25.0 Å². The van der Waals surface area contributed by atoms with Gasteiger partial charge in [-0.15, -0.1) is 24.0 Å². The number of hydrogen-bond donors (Lipinski definition) is 1. The number of pyridine rings is 1. The number of hydrogen-bond acceptors (Lipinski definition) is 4. The van der Waals surface area contributed by atoms with E-state index in [1.807, 2.05) is 32.1 Å². The first kappa shape index (κ1) is 27.0. The van der Waals surface area contributed by atoms with Crippen LogP contribution in [0, 0.1) is 0 Å². The largest absolute Gasteiger partial charge is 0.475 e. The fourth-order valence-corrected chi connectivity index (χ4v) is 2.98. The molecule has 0 aliphatic carbocycles. The third-order valence-corrected chi connectivity index (χ3v) is 4.26. The van der Waals surface area contributed by atoms with Gasteiger partial charge in [0.25, 0.3) is 0 Å². The summed E-state index contributed by atoms with van der Waals surface area (Å²) in [6, 6.07) is 2.18. The van der Waals surface area contributed by atoms with Gasteiger partial charge in [-0.2, -0.15) is 18.3 Å². The molecule has 2 heterocycles. The lowest BCUT2D eigenvalue weighted by Crippen LogP contribution is -2.39. The molecule has 31 heavy (non-hydrogen) atoms. The van der Waals surface area contributed by atoms with Crippen LogP contribution < -0.4 is 10.1 Å². The molecule has 0 atom stereocenters. The smallest absolute Gasteiger partial charge is 0.421 e. The van der Waals surface area contributed by atoms with Crippen molar-refractivity contribution >= 4 is 29.9 Å². The van der Waals surface area contributed by atoms with Gasteiger partial charge in [0.05, 0.1) is 12.2 Å². The molecule has 174 valence electrons. The van der Waals surface area contributed by atoms with Gasteiger partial charge in [-0.3, -0.25) is 4.68 Å². The molecule has 0 bridgehead atoms. The van der Waals surface area contributed by atoms with Crippen LogP contribution in [0.4, 0.5) is 13.2 Å². The van der Waals surface area contributed by atoms with E-state index in [1.54, 1.807) is 4.68 Å². The van der Waals surface area contributed by atoms with Gasteiger partial charge in [-0.1, -0.05) is 13.8 Å². The molecule has 0 aliphatic heterocycles. The van der Waals surface area contributed by atoms with Crippen molar-refractivity contribution in [3.05, 3.63) is 41.3 Å². The average Bonchev–Trinajstić information content (AvgIpc) is 3.04. The summed E-state index contributed by atoms with van der Waals surface area (Å²) in [6.45, 7) is 7.56. The van der Waals surface area contributed by atoms with Gasteiger partial charge >= 0.3 is 6.18 Å². The first-order chi connectivity index (χ1) is 14.1. The van der Waals surface area contributed by atoms with Crippen LogP contribution in [-0.2, 0) is 19.8 Å². The lowest BCUT2D eigenvalue weighted by molar-refractivity contribution is -0.139. The standard InChI is InChI=1S/C20H29F3N6O.HI/c1-6-24-19(28(4)12-15-13-29(5)27-17(15)14(2)3)26-10-11-30-18-16(20(21,22)23)8-7-9-25-18;/h7-9,13-14H,6,10-12H2,1-5H3,(H,24,26);1H. The summed E-state index contributed by atoms with van der Waals surface area (Å²) in [4.78, 5) is 10.1.